The summed E-state index contributed by atoms with van der Waals surface area (Å²) in [6, 6.07) is 16.1. The number of nitrogens with zero attached hydrogens (tertiary/aromatic N) is 1. The molecule has 0 radical (unpaired) electrons. The fourth-order valence-corrected chi connectivity index (χ4v) is 4.12. The van der Waals surface area contributed by atoms with E-state index in [0.29, 0.717) is 31.2 Å². The first kappa shape index (κ1) is 18.8. The van der Waals surface area contributed by atoms with Gasteiger partial charge in [-0.25, -0.2) is 4.79 Å². The molecule has 5 nitrogen and oxygen atoms in total. The molecule has 1 saturated heterocycles. The van der Waals surface area contributed by atoms with Crippen LogP contribution in [-0.4, -0.2) is 36.2 Å². The van der Waals surface area contributed by atoms with Gasteiger partial charge in [-0.05, 0) is 43.0 Å². The maximum atomic E-state index is 13.0. The number of nitrogens with one attached hydrogen (secondary N) is 1. The fraction of sp³-hybridized carbons (Fsp3) is 0.435. The second-order valence-electron chi connectivity index (χ2n) is 7.66. The van der Waals surface area contributed by atoms with Gasteiger partial charge in [-0.1, -0.05) is 49.2 Å². The molecule has 0 bridgehead atoms. The molecular formula is C23H28N2O3. The minimum Gasteiger partial charge on any atom is -0.487 e. The number of benzene rings is 2. The quantitative estimate of drug-likeness (QED) is 0.833. The molecule has 0 aromatic heterocycles. The number of urea groups is 1. The molecule has 4 rings (SSSR count). The van der Waals surface area contributed by atoms with Gasteiger partial charge >= 0.3 is 6.03 Å². The number of hydrogen-bond acceptors (Lipinski definition) is 3. The number of aryl methyl sites for hydroxylation is 1. The molecule has 1 aliphatic carbocycles. The van der Waals surface area contributed by atoms with Crippen molar-refractivity contribution >= 4 is 11.7 Å². The summed E-state index contributed by atoms with van der Waals surface area (Å²) >= 11 is 0. The van der Waals surface area contributed by atoms with E-state index in [4.69, 9.17) is 9.47 Å². The van der Waals surface area contributed by atoms with Crippen LogP contribution in [0.5, 0.6) is 5.75 Å². The average molecular weight is 380 g/mol. The van der Waals surface area contributed by atoms with E-state index in [0.717, 1.165) is 30.4 Å². The van der Waals surface area contributed by atoms with Gasteiger partial charge in [0.05, 0.1) is 24.4 Å². The van der Waals surface area contributed by atoms with Crippen molar-refractivity contribution < 1.29 is 14.3 Å². The smallest absolute Gasteiger partial charge is 0.322 e. The van der Waals surface area contributed by atoms with Crippen LogP contribution in [-0.2, 0) is 11.3 Å². The van der Waals surface area contributed by atoms with E-state index in [1.807, 2.05) is 60.4 Å². The van der Waals surface area contributed by atoms with Crippen molar-refractivity contribution in [1.29, 1.82) is 0 Å². The molecule has 2 aromatic rings. The van der Waals surface area contributed by atoms with Crippen LogP contribution in [0.3, 0.4) is 0 Å². The van der Waals surface area contributed by atoms with E-state index in [2.05, 4.69) is 5.32 Å². The number of ether oxygens (including phenoxy) is 2. The minimum atomic E-state index is -0.0615. The lowest BCUT2D eigenvalue weighted by Crippen LogP contribution is -2.56. The third-order valence-electron chi connectivity index (χ3n) is 5.61. The van der Waals surface area contributed by atoms with Gasteiger partial charge in [0.1, 0.15) is 12.4 Å². The molecule has 2 amide bonds. The van der Waals surface area contributed by atoms with Crippen LogP contribution in [0.2, 0.25) is 0 Å². The SMILES string of the molecule is Cc1ccc(NC(=O)N2CCO[C@@H]3CCCC[C@@H]32)c(OCc2ccccc2)c1. The number of carbonyl (C=O) groups excluding carboxylic acids is 1. The van der Waals surface area contributed by atoms with Crippen molar-refractivity contribution in [1.82, 2.24) is 4.90 Å². The molecule has 0 spiro atoms. The van der Waals surface area contributed by atoms with E-state index in [9.17, 15) is 4.79 Å². The number of amides is 2. The van der Waals surface area contributed by atoms with Crippen molar-refractivity contribution in [2.75, 3.05) is 18.5 Å². The topological polar surface area (TPSA) is 50.8 Å². The monoisotopic (exact) mass is 380 g/mol. The summed E-state index contributed by atoms with van der Waals surface area (Å²) in [7, 11) is 0. The Morgan fingerprint density at radius 1 is 1.18 bits per heavy atom. The maximum absolute atomic E-state index is 13.0. The highest BCUT2D eigenvalue weighted by molar-refractivity contribution is 5.91. The number of hydrogen-bond donors (Lipinski definition) is 1. The fourth-order valence-electron chi connectivity index (χ4n) is 4.12. The van der Waals surface area contributed by atoms with E-state index in [1.54, 1.807) is 0 Å². The first-order valence-electron chi connectivity index (χ1n) is 10.2. The number of fused-ring (bicyclic) bond motifs is 1. The largest absolute Gasteiger partial charge is 0.487 e. The summed E-state index contributed by atoms with van der Waals surface area (Å²) < 4.78 is 11.9. The molecular weight excluding hydrogens is 352 g/mol. The van der Waals surface area contributed by atoms with Crippen LogP contribution in [0.25, 0.3) is 0 Å². The molecule has 28 heavy (non-hydrogen) atoms. The van der Waals surface area contributed by atoms with Gasteiger partial charge in [-0.3, -0.25) is 0 Å². The van der Waals surface area contributed by atoms with Gasteiger partial charge in [-0.15, -0.1) is 0 Å². The third-order valence-corrected chi connectivity index (χ3v) is 5.61. The summed E-state index contributed by atoms with van der Waals surface area (Å²) in [5, 5.41) is 3.08. The van der Waals surface area contributed by atoms with Crippen molar-refractivity contribution in [2.24, 2.45) is 0 Å². The van der Waals surface area contributed by atoms with Crippen molar-refractivity contribution in [3.63, 3.8) is 0 Å². The summed E-state index contributed by atoms with van der Waals surface area (Å²) in [5.74, 6) is 0.700. The number of morpholine rings is 1. The summed E-state index contributed by atoms with van der Waals surface area (Å²) in [4.78, 5) is 15.0. The molecule has 1 aliphatic heterocycles. The minimum absolute atomic E-state index is 0.0615. The summed E-state index contributed by atoms with van der Waals surface area (Å²) in [6.07, 6.45) is 4.59. The highest BCUT2D eigenvalue weighted by Gasteiger charge is 2.36. The van der Waals surface area contributed by atoms with Crippen LogP contribution in [0.1, 0.15) is 36.8 Å². The molecule has 2 aromatic carbocycles. The molecule has 2 fully saturated rings. The van der Waals surface area contributed by atoms with Crippen LogP contribution in [0.4, 0.5) is 10.5 Å². The first-order chi connectivity index (χ1) is 13.7. The summed E-state index contributed by atoms with van der Waals surface area (Å²) in [5.41, 5.74) is 2.91. The lowest BCUT2D eigenvalue weighted by Gasteiger charge is -2.43. The zero-order valence-electron chi connectivity index (χ0n) is 16.4. The molecule has 0 unspecified atom stereocenters. The van der Waals surface area contributed by atoms with Crippen molar-refractivity contribution in [3.8, 4) is 5.75 Å². The van der Waals surface area contributed by atoms with Gasteiger partial charge in [0.15, 0.2) is 0 Å². The van der Waals surface area contributed by atoms with E-state index in [-0.39, 0.29) is 18.2 Å². The Balaban J connectivity index is 1.47. The van der Waals surface area contributed by atoms with Gasteiger partial charge in [0.2, 0.25) is 0 Å². The van der Waals surface area contributed by atoms with Crippen LogP contribution in [0.15, 0.2) is 48.5 Å². The second kappa shape index (κ2) is 8.65. The molecule has 1 saturated carbocycles. The van der Waals surface area contributed by atoms with E-state index in [1.165, 1.54) is 6.42 Å². The van der Waals surface area contributed by atoms with Gasteiger partial charge < -0.3 is 19.7 Å². The Labute approximate surface area is 166 Å². The Kier molecular flexibility index (Phi) is 5.81. The number of rotatable bonds is 4. The Morgan fingerprint density at radius 3 is 2.86 bits per heavy atom. The highest BCUT2D eigenvalue weighted by Crippen LogP contribution is 2.31. The van der Waals surface area contributed by atoms with Crippen LogP contribution < -0.4 is 10.1 Å². The lowest BCUT2D eigenvalue weighted by molar-refractivity contribution is -0.0694. The molecule has 1 N–H and O–H groups in total. The first-order valence-corrected chi connectivity index (χ1v) is 10.2. The normalized spacial score (nSPS) is 21.7. The molecule has 1 heterocycles. The molecule has 148 valence electrons. The van der Waals surface area contributed by atoms with Crippen LogP contribution >= 0.6 is 0 Å². The Bertz CT molecular complexity index is 807. The van der Waals surface area contributed by atoms with Gasteiger partial charge in [-0.2, -0.15) is 0 Å². The molecule has 2 aliphatic rings. The Hall–Kier alpha value is -2.53. The predicted molar refractivity (Wildman–Crippen MR) is 110 cm³/mol. The Morgan fingerprint density at radius 2 is 2.00 bits per heavy atom. The molecule has 5 heteroatoms. The zero-order valence-corrected chi connectivity index (χ0v) is 16.4. The number of anilines is 1. The number of carbonyl (C=O) groups is 1. The standard InChI is InChI=1S/C23H28N2O3/c1-17-11-12-19(22(15-17)28-16-18-7-3-2-4-8-18)24-23(26)25-13-14-27-21-10-6-5-9-20(21)25/h2-4,7-8,11-12,15,20-21H,5-6,9-10,13-14,16H2,1H3,(H,24,26)/t20-,21+/m0/s1. The van der Waals surface area contributed by atoms with E-state index >= 15 is 0 Å². The van der Waals surface area contributed by atoms with Crippen molar-refractivity contribution in [3.05, 3.63) is 59.7 Å². The third kappa shape index (κ3) is 4.30. The van der Waals surface area contributed by atoms with Crippen LogP contribution in [0, 0.1) is 6.92 Å². The lowest BCUT2D eigenvalue weighted by atomic mass is 9.90. The van der Waals surface area contributed by atoms with Gasteiger partial charge in [0.25, 0.3) is 0 Å². The highest BCUT2D eigenvalue weighted by atomic mass is 16.5. The predicted octanol–water partition coefficient (Wildman–Crippen LogP) is 4.75. The van der Waals surface area contributed by atoms with Gasteiger partial charge in [0, 0.05) is 6.54 Å². The average Bonchev–Trinajstić information content (AvgIpc) is 2.74. The maximum Gasteiger partial charge on any atom is 0.322 e. The molecule has 2 atom stereocenters. The second-order valence-corrected chi connectivity index (χ2v) is 7.66. The summed E-state index contributed by atoms with van der Waals surface area (Å²) in [6.45, 7) is 3.74. The van der Waals surface area contributed by atoms with E-state index < -0.39 is 0 Å². The van der Waals surface area contributed by atoms with Crippen molar-refractivity contribution in [2.45, 2.75) is 51.4 Å². The zero-order chi connectivity index (χ0) is 19.3.